The number of piperidine rings is 1. The molecule has 1 saturated heterocycles. The molecule has 2 rings (SSSR count). The van der Waals surface area contributed by atoms with Crippen LogP contribution in [-0.2, 0) is 0 Å². The number of hydrogen-bond donors (Lipinski definition) is 2. The summed E-state index contributed by atoms with van der Waals surface area (Å²) in [6.07, 6.45) is 0.123. The lowest BCUT2D eigenvalue weighted by Gasteiger charge is -2.34. The summed E-state index contributed by atoms with van der Waals surface area (Å²) >= 11 is 0. The molecule has 1 aliphatic rings. The van der Waals surface area contributed by atoms with Gasteiger partial charge >= 0.3 is 6.03 Å². The molecular weight excluding hydrogens is 254 g/mol. The molecule has 1 aliphatic heterocycles. The Bertz CT molecular complexity index is 482. The Morgan fingerprint density at radius 2 is 2.21 bits per heavy atom. The number of likely N-dealkylation sites (tertiary alicyclic amines) is 1. The van der Waals surface area contributed by atoms with Gasteiger partial charge in [0.1, 0.15) is 11.6 Å². The highest BCUT2D eigenvalue weighted by molar-refractivity contribution is 5.89. The first-order valence-electron chi connectivity index (χ1n) is 6.16. The summed E-state index contributed by atoms with van der Waals surface area (Å²) in [7, 11) is 0. The number of urea groups is 1. The second-order valence-electron chi connectivity index (χ2n) is 4.83. The lowest BCUT2D eigenvalue weighted by molar-refractivity contribution is 0.0463. The summed E-state index contributed by atoms with van der Waals surface area (Å²) in [6.45, 7) is 2.64. The highest BCUT2D eigenvalue weighted by Crippen LogP contribution is 2.19. The van der Waals surface area contributed by atoms with Crippen molar-refractivity contribution in [2.24, 2.45) is 5.92 Å². The van der Waals surface area contributed by atoms with E-state index >= 15 is 0 Å². The van der Waals surface area contributed by atoms with Crippen LogP contribution in [0.4, 0.5) is 19.3 Å². The van der Waals surface area contributed by atoms with Crippen molar-refractivity contribution in [3.63, 3.8) is 0 Å². The first-order chi connectivity index (χ1) is 8.97. The van der Waals surface area contributed by atoms with Crippen LogP contribution in [0, 0.1) is 17.6 Å². The van der Waals surface area contributed by atoms with Crippen molar-refractivity contribution in [2.45, 2.75) is 19.4 Å². The Labute approximate surface area is 110 Å². The summed E-state index contributed by atoms with van der Waals surface area (Å²) in [5.41, 5.74) is -0.0699. The van der Waals surface area contributed by atoms with Gasteiger partial charge in [-0.3, -0.25) is 0 Å². The van der Waals surface area contributed by atoms with Gasteiger partial charge in [-0.05, 0) is 24.5 Å². The number of anilines is 1. The number of halogens is 2. The predicted octanol–water partition coefficient (Wildman–Crippen LogP) is 2.20. The number of nitrogens with one attached hydrogen (secondary N) is 1. The molecular formula is C13H16F2N2O2. The number of aliphatic hydroxyl groups is 1. The van der Waals surface area contributed by atoms with Gasteiger partial charge in [0, 0.05) is 19.2 Å². The molecule has 1 aromatic carbocycles. The van der Waals surface area contributed by atoms with Crippen LogP contribution in [0.25, 0.3) is 0 Å². The van der Waals surface area contributed by atoms with Gasteiger partial charge in [0.15, 0.2) is 0 Å². The van der Waals surface area contributed by atoms with Crippen LogP contribution in [0.5, 0.6) is 0 Å². The molecule has 0 spiro atoms. The van der Waals surface area contributed by atoms with E-state index in [9.17, 15) is 18.7 Å². The molecule has 104 valence electrons. The molecule has 6 heteroatoms. The quantitative estimate of drug-likeness (QED) is 0.822. The van der Waals surface area contributed by atoms with Gasteiger partial charge in [-0.1, -0.05) is 6.92 Å². The van der Waals surface area contributed by atoms with Crippen LogP contribution < -0.4 is 5.32 Å². The molecule has 0 aliphatic carbocycles. The van der Waals surface area contributed by atoms with E-state index in [0.29, 0.717) is 19.0 Å². The van der Waals surface area contributed by atoms with E-state index in [0.717, 1.165) is 6.07 Å². The molecule has 2 amide bonds. The number of nitrogens with zero attached hydrogens (tertiary/aromatic N) is 1. The van der Waals surface area contributed by atoms with E-state index in [1.165, 1.54) is 11.0 Å². The van der Waals surface area contributed by atoms with Gasteiger partial charge in [0.05, 0.1) is 11.8 Å². The van der Waals surface area contributed by atoms with Crippen molar-refractivity contribution in [3.8, 4) is 0 Å². The zero-order chi connectivity index (χ0) is 14.0. The van der Waals surface area contributed by atoms with Gasteiger partial charge in [-0.2, -0.15) is 0 Å². The van der Waals surface area contributed by atoms with Gasteiger partial charge in [0.25, 0.3) is 0 Å². The third-order valence-electron chi connectivity index (χ3n) is 3.38. The molecule has 19 heavy (non-hydrogen) atoms. The van der Waals surface area contributed by atoms with Crippen molar-refractivity contribution < 1.29 is 18.7 Å². The summed E-state index contributed by atoms with van der Waals surface area (Å²) in [6, 6.07) is 2.47. The minimum atomic E-state index is -0.820. The molecule has 2 atom stereocenters. The van der Waals surface area contributed by atoms with Gasteiger partial charge < -0.3 is 15.3 Å². The van der Waals surface area contributed by atoms with Crippen molar-refractivity contribution >= 4 is 11.7 Å². The second kappa shape index (κ2) is 5.52. The Balaban J connectivity index is 2.01. The topological polar surface area (TPSA) is 52.6 Å². The predicted molar refractivity (Wildman–Crippen MR) is 66.7 cm³/mol. The van der Waals surface area contributed by atoms with Gasteiger partial charge in [0.2, 0.25) is 0 Å². The first-order valence-corrected chi connectivity index (χ1v) is 6.16. The highest BCUT2D eigenvalue weighted by atomic mass is 19.1. The maximum Gasteiger partial charge on any atom is 0.322 e. The normalized spacial score (nSPS) is 23.3. The molecule has 0 saturated carbocycles. The number of carbonyl (C=O) groups is 1. The fourth-order valence-corrected chi connectivity index (χ4v) is 2.02. The highest BCUT2D eigenvalue weighted by Gasteiger charge is 2.27. The lowest BCUT2D eigenvalue weighted by Crippen LogP contribution is -2.47. The van der Waals surface area contributed by atoms with Crippen molar-refractivity contribution in [1.82, 2.24) is 4.90 Å². The number of amides is 2. The van der Waals surface area contributed by atoms with Crippen molar-refractivity contribution in [2.75, 3.05) is 18.4 Å². The zero-order valence-corrected chi connectivity index (χ0v) is 10.6. The molecule has 1 fully saturated rings. The average Bonchev–Trinajstić information content (AvgIpc) is 2.36. The summed E-state index contributed by atoms with van der Waals surface area (Å²) < 4.78 is 26.1. The molecule has 2 N–H and O–H groups in total. The van der Waals surface area contributed by atoms with Crippen LogP contribution in [-0.4, -0.2) is 35.2 Å². The number of hydrogen-bond acceptors (Lipinski definition) is 2. The Morgan fingerprint density at radius 1 is 1.47 bits per heavy atom. The fraction of sp³-hybridized carbons (Fsp3) is 0.462. The fourth-order valence-electron chi connectivity index (χ4n) is 2.02. The van der Waals surface area contributed by atoms with Gasteiger partial charge in [-0.25, -0.2) is 13.6 Å². The van der Waals surface area contributed by atoms with Crippen LogP contribution >= 0.6 is 0 Å². The standard InChI is InChI=1S/C13H16F2N2O2/c1-8-4-5-17(7-12(8)18)13(19)16-11-3-2-9(14)6-10(11)15/h2-3,6,8,12,18H,4-5,7H2,1H3,(H,16,19). The zero-order valence-electron chi connectivity index (χ0n) is 10.6. The first kappa shape index (κ1) is 13.7. The number of benzene rings is 1. The van der Waals surface area contributed by atoms with Crippen molar-refractivity contribution in [1.29, 1.82) is 0 Å². The summed E-state index contributed by atoms with van der Waals surface area (Å²) in [5, 5.41) is 12.1. The average molecular weight is 270 g/mol. The van der Waals surface area contributed by atoms with E-state index in [1.807, 2.05) is 6.92 Å². The third-order valence-corrected chi connectivity index (χ3v) is 3.38. The maximum atomic E-state index is 13.4. The smallest absolute Gasteiger partial charge is 0.322 e. The summed E-state index contributed by atoms with van der Waals surface area (Å²) in [4.78, 5) is 13.3. The van der Waals surface area contributed by atoms with E-state index in [2.05, 4.69) is 5.32 Å². The van der Waals surface area contributed by atoms with Crippen LogP contribution in [0.2, 0.25) is 0 Å². The maximum absolute atomic E-state index is 13.4. The van der Waals surface area contributed by atoms with Crippen LogP contribution in [0.1, 0.15) is 13.3 Å². The number of rotatable bonds is 1. The summed E-state index contributed by atoms with van der Waals surface area (Å²) in [5.74, 6) is -1.37. The molecule has 0 aromatic heterocycles. The van der Waals surface area contributed by atoms with Crippen molar-refractivity contribution in [3.05, 3.63) is 29.8 Å². The van der Waals surface area contributed by atoms with E-state index in [1.54, 1.807) is 0 Å². The molecule has 1 heterocycles. The second-order valence-corrected chi connectivity index (χ2v) is 4.83. The van der Waals surface area contributed by atoms with Crippen LogP contribution in [0.15, 0.2) is 18.2 Å². The third kappa shape index (κ3) is 3.20. The molecule has 4 nitrogen and oxygen atoms in total. The van der Waals surface area contributed by atoms with E-state index in [-0.39, 0.29) is 18.2 Å². The minimum Gasteiger partial charge on any atom is -0.391 e. The largest absolute Gasteiger partial charge is 0.391 e. The Kier molecular flexibility index (Phi) is 3.99. The number of carbonyl (C=O) groups excluding carboxylic acids is 1. The van der Waals surface area contributed by atoms with E-state index < -0.39 is 23.8 Å². The SMILES string of the molecule is CC1CCN(C(=O)Nc2ccc(F)cc2F)CC1O. The lowest BCUT2D eigenvalue weighted by atomic mass is 9.96. The number of β-amino-alcohol motifs (C(OH)–C–C–N with tert-alkyl or cyclic N) is 1. The molecule has 0 bridgehead atoms. The Morgan fingerprint density at radius 3 is 2.84 bits per heavy atom. The minimum absolute atomic E-state index is 0.0699. The van der Waals surface area contributed by atoms with E-state index in [4.69, 9.17) is 0 Å². The van der Waals surface area contributed by atoms with Gasteiger partial charge in [-0.15, -0.1) is 0 Å². The molecule has 1 aromatic rings. The molecule has 0 radical (unpaired) electrons. The number of aliphatic hydroxyl groups excluding tert-OH is 1. The Hall–Kier alpha value is -1.69. The van der Waals surface area contributed by atoms with Crippen LogP contribution in [0.3, 0.4) is 0 Å². The molecule has 2 unspecified atom stereocenters. The monoisotopic (exact) mass is 270 g/mol.